The van der Waals surface area contributed by atoms with Crippen LogP contribution in [-0.2, 0) is 9.36 Å². The molecule has 7 nitrogen and oxygen atoms in total. The fourth-order valence-electron chi connectivity index (χ4n) is 2.96. The Morgan fingerprint density at radius 2 is 1.92 bits per heavy atom. The molecule has 1 aliphatic rings. The molecule has 1 aliphatic heterocycles. The van der Waals surface area contributed by atoms with Crippen LogP contribution in [0.5, 0.6) is 0 Å². The Kier molecular flexibility index (Phi) is 7.13. The molecular weight excluding hydrogens is 363 g/mol. The molecule has 0 atom stereocenters. The lowest BCUT2D eigenvalue weighted by atomic mass is 9.95. The van der Waals surface area contributed by atoms with Crippen LogP contribution < -0.4 is 5.32 Å². The lowest BCUT2D eigenvalue weighted by Gasteiger charge is -2.30. The van der Waals surface area contributed by atoms with Gasteiger partial charge in [-0.15, -0.1) is 11.3 Å². The van der Waals surface area contributed by atoms with Gasteiger partial charge in [0.05, 0.1) is 0 Å². The van der Waals surface area contributed by atoms with Crippen LogP contribution in [0.15, 0.2) is 24.3 Å². The third-order valence-electron chi connectivity index (χ3n) is 4.20. The van der Waals surface area contributed by atoms with Gasteiger partial charge in [-0.2, -0.15) is 0 Å². The van der Waals surface area contributed by atoms with Crippen molar-refractivity contribution in [3.63, 3.8) is 0 Å². The largest absolute Gasteiger partial charge is 0.466 e. The molecule has 4 N–H and O–H groups in total. The van der Waals surface area contributed by atoms with Gasteiger partial charge in [-0.25, -0.2) is 4.57 Å². The van der Waals surface area contributed by atoms with E-state index in [1.165, 1.54) is 47.4 Å². The van der Waals surface area contributed by atoms with Crippen molar-refractivity contribution in [1.29, 1.82) is 0 Å². The lowest BCUT2D eigenvalue weighted by molar-refractivity contribution is -0.105. The number of nitrogens with one attached hydrogen (secondary N) is 1. The van der Waals surface area contributed by atoms with Gasteiger partial charge in [0.15, 0.2) is 0 Å². The topological polar surface area (TPSA) is 110 Å². The molecule has 3 rings (SSSR count). The van der Waals surface area contributed by atoms with Gasteiger partial charge in [-0.1, -0.05) is 6.92 Å². The summed E-state index contributed by atoms with van der Waals surface area (Å²) in [5.41, 5.74) is 0.873. The van der Waals surface area contributed by atoms with E-state index in [4.69, 9.17) is 19.2 Å². The van der Waals surface area contributed by atoms with Gasteiger partial charge in [0.1, 0.15) is 0 Å². The van der Waals surface area contributed by atoms with Gasteiger partial charge in [0.2, 0.25) is 6.41 Å². The van der Waals surface area contributed by atoms with Gasteiger partial charge in [-0.05, 0) is 68.0 Å². The predicted molar refractivity (Wildman–Crippen MR) is 99.9 cm³/mol. The molecule has 0 radical (unpaired) electrons. The summed E-state index contributed by atoms with van der Waals surface area (Å²) in [6.07, 6.45) is 3.26. The monoisotopic (exact) mass is 386 g/mol. The number of fused-ring (bicyclic) bond motifs is 1. The summed E-state index contributed by atoms with van der Waals surface area (Å²) in [5, 5.41) is 3.96. The quantitative estimate of drug-likeness (QED) is 0.475. The van der Waals surface area contributed by atoms with E-state index in [0.29, 0.717) is 5.92 Å². The number of likely N-dealkylation sites (tertiary alicyclic amines) is 1. The van der Waals surface area contributed by atoms with Gasteiger partial charge in [-0.3, -0.25) is 4.79 Å². The number of anilines is 1. The Labute approximate surface area is 150 Å². The molecule has 0 unspecified atom stereocenters. The van der Waals surface area contributed by atoms with Crippen LogP contribution >= 0.6 is 19.2 Å². The maximum absolute atomic E-state index is 10.5. The fourth-order valence-corrected chi connectivity index (χ4v) is 4.17. The molecule has 1 amide bonds. The van der Waals surface area contributed by atoms with E-state index in [9.17, 15) is 4.79 Å². The van der Waals surface area contributed by atoms with Crippen LogP contribution in [0.4, 0.5) is 5.69 Å². The van der Waals surface area contributed by atoms with E-state index in [1.54, 1.807) is 0 Å². The van der Waals surface area contributed by atoms with Crippen molar-refractivity contribution in [2.45, 2.75) is 25.7 Å². The molecule has 1 aromatic carbocycles. The van der Waals surface area contributed by atoms with Gasteiger partial charge in [0.25, 0.3) is 0 Å². The van der Waals surface area contributed by atoms with Crippen LogP contribution in [0.25, 0.3) is 10.1 Å². The minimum absolute atomic E-state index is 0.706. The van der Waals surface area contributed by atoms with E-state index in [-0.39, 0.29) is 0 Å². The molecule has 1 fully saturated rings. The summed E-state index contributed by atoms with van der Waals surface area (Å²) < 4.78 is 10.2. The zero-order valence-electron chi connectivity index (χ0n) is 14.0. The third-order valence-corrected chi connectivity index (χ3v) is 5.48. The van der Waals surface area contributed by atoms with Gasteiger partial charge in [0, 0.05) is 15.3 Å². The Morgan fingerprint density at radius 3 is 2.48 bits per heavy atom. The maximum Gasteiger partial charge on any atom is 0.466 e. The zero-order chi connectivity index (χ0) is 18.4. The average molecular weight is 386 g/mol. The number of thiophene rings is 1. The van der Waals surface area contributed by atoms with E-state index >= 15 is 0 Å². The van der Waals surface area contributed by atoms with Crippen molar-refractivity contribution >= 4 is 41.3 Å². The number of amides is 1. The first-order valence-corrected chi connectivity index (χ1v) is 10.4. The number of phosphoric acid groups is 1. The maximum atomic E-state index is 10.5. The van der Waals surface area contributed by atoms with Crippen molar-refractivity contribution in [2.24, 2.45) is 0 Å². The molecular formula is C16H23N2O5PS. The van der Waals surface area contributed by atoms with E-state index in [1.807, 2.05) is 17.4 Å². The molecule has 138 valence electrons. The minimum Gasteiger partial charge on any atom is -0.329 e. The van der Waals surface area contributed by atoms with Crippen molar-refractivity contribution in [2.75, 3.05) is 25.0 Å². The zero-order valence-corrected chi connectivity index (χ0v) is 15.7. The molecule has 2 aromatic rings. The predicted octanol–water partition coefficient (Wildman–Crippen LogP) is 2.74. The Hall–Kier alpha value is -1.28. The first-order chi connectivity index (χ1) is 11.8. The molecule has 25 heavy (non-hydrogen) atoms. The van der Waals surface area contributed by atoms with Gasteiger partial charge < -0.3 is 24.9 Å². The number of rotatable bonds is 4. The van der Waals surface area contributed by atoms with Crippen LogP contribution in [0.3, 0.4) is 0 Å². The second-order valence-electron chi connectivity index (χ2n) is 5.89. The summed E-state index contributed by atoms with van der Waals surface area (Å²) in [5.74, 6) is 0.706. The molecule has 1 saturated heterocycles. The normalized spacial score (nSPS) is 16.3. The highest BCUT2D eigenvalue weighted by Gasteiger charge is 2.21. The number of nitrogens with zero attached hydrogens (tertiary/aromatic N) is 1. The van der Waals surface area contributed by atoms with E-state index < -0.39 is 7.82 Å². The van der Waals surface area contributed by atoms with Crippen LogP contribution in [0.2, 0.25) is 0 Å². The SMILES string of the molecule is CCN1CCC(c2cc3cc(NC=O)ccc3s2)CC1.O=P(O)(O)O. The molecule has 0 saturated carbocycles. The second-order valence-corrected chi connectivity index (χ2v) is 8.03. The Balaban J connectivity index is 0.000000399. The fraction of sp³-hybridized carbons (Fsp3) is 0.438. The number of carbonyl (C=O) groups excluding carboxylic acids is 1. The molecule has 0 aliphatic carbocycles. The van der Waals surface area contributed by atoms with Crippen molar-refractivity contribution in [3.05, 3.63) is 29.1 Å². The highest BCUT2D eigenvalue weighted by atomic mass is 32.1. The molecule has 9 heteroatoms. The Bertz CT molecular complexity index is 744. The third kappa shape index (κ3) is 6.51. The minimum atomic E-state index is -4.64. The summed E-state index contributed by atoms with van der Waals surface area (Å²) in [4.78, 5) is 36.1. The number of carbonyl (C=O) groups is 1. The van der Waals surface area contributed by atoms with E-state index in [2.05, 4.69) is 35.3 Å². The summed E-state index contributed by atoms with van der Waals surface area (Å²) in [6.45, 7) is 5.84. The number of piperidine rings is 1. The number of hydrogen-bond acceptors (Lipinski definition) is 4. The molecule has 0 spiro atoms. The average Bonchev–Trinajstić information content (AvgIpc) is 2.97. The van der Waals surface area contributed by atoms with Crippen LogP contribution in [0.1, 0.15) is 30.6 Å². The first kappa shape index (κ1) is 20.0. The summed E-state index contributed by atoms with van der Waals surface area (Å²) in [6, 6.07) is 8.44. The van der Waals surface area contributed by atoms with Crippen molar-refractivity contribution < 1.29 is 24.0 Å². The molecule has 2 heterocycles. The summed E-state index contributed by atoms with van der Waals surface area (Å²) >= 11 is 1.90. The van der Waals surface area contributed by atoms with E-state index in [0.717, 1.165) is 12.1 Å². The molecule has 1 aromatic heterocycles. The smallest absolute Gasteiger partial charge is 0.329 e. The van der Waals surface area contributed by atoms with Crippen molar-refractivity contribution in [1.82, 2.24) is 4.90 Å². The second kappa shape index (κ2) is 8.89. The van der Waals surface area contributed by atoms with Crippen molar-refractivity contribution in [3.8, 4) is 0 Å². The van der Waals surface area contributed by atoms with Crippen LogP contribution in [-0.4, -0.2) is 45.6 Å². The molecule has 0 bridgehead atoms. The Morgan fingerprint density at radius 1 is 1.28 bits per heavy atom. The standard InChI is InChI=1S/C16H20N2OS.H3O4P/c1-2-18-7-5-12(6-8-18)16-10-13-9-14(17-11-19)3-4-15(13)20-16;1-5(2,3)4/h3-4,9-12H,2,5-8H2,1H3,(H,17,19);(H3,1,2,3,4). The summed E-state index contributed by atoms with van der Waals surface area (Å²) in [7, 11) is -4.64. The highest BCUT2D eigenvalue weighted by Crippen LogP contribution is 2.37. The first-order valence-electron chi connectivity index (χ1n) is 8.04. The lowest BCUT2D eigenvalue weighted by Crippen LogP contribution is -2.32. The number of benzene rings is 1. The highest BCUT2D eigenvalue weighted by molar-refractivity contribution is 7.45. The van der Waals surface area contributed by atoms with Gasteiger partial charge >= 0.3 is 7.82 Å². The number of hydrogen-bond donors (Lipinski definition) is 4. The van der Waals surface area contributed by atoms with Crippen LogP contribution in [0, 0.1) is 0 Å².